The number of aromatic nitrogens is 1. The third-order valence-electron chi connectivity index (χ3n) is 4.87. The monoisotopic (exact) mass is 498 g/mol. The molecule has 0 aromatic carbocycles. The van der Waals surface area contributed by atoms with Crippen LogP contribution in [0.25, 0.3) is 12.2 Å². The van der Waals surface area contributed by atoms with E-state index in [2.05, 4.69) is 15.6 Å². The molecule has 2 rings (SSSR count). The lowest BCUT2D eigenvalue weighted by molar-refractivity contribution is -0.137. The molecule has 4 N–H and O–H groups in total. The molecule has 0 bridgehead atoms. The van der Waals surface area contributed by atoms with Crippen LogP contribution in [0, 0.1) is 0 Å². The van der Waals surface area contributed by atoms with Gasteiger partial charge in [0.05, 0.1) is 5.69 Å². The van der Waals surface area contributed by atoms with Gasteiger partial charge in [0.15, 0.2) is 0 Å². The van der Waals surface area contributed by atoms with Crippen molar-refractivity contribution >= 4 is 53.5 Å². The Morgan fingerprint density at radius 2 is 1.53 bits per heavy atom. The van der Waals surface area contributed by atoms with Crippen molar-refractivity contribution in [1.82, 2.24) is 15.2 Å². The highest BCUT2D eigenvalue weighted by Gasteiger charge is 2.22. The van der Waals surface area contributed by atoms with Gasteiger partial charge in [0.1, 0.15) is 5.82 Å². The molecule has 1 aromatic rings. The Kier molecular flexibility index (Phi) is 10.7. The standard InChI is InChI=1S/C24H26N4O8/c29-18(4-2-1-3-15-28-20(31)9-10-21(28)32)25-14-13-19(30)27-24-16(6-11-22(33)34)5-7-17(26-24)8-12-23(35)36/h5-12H,1-4,13-15H2,(H,25,29)(H,33,34)(H,35,36)(H,26,27,30). The maximum Gasteiger partial charge on any atom is 0.328 e. The summed E-state index contributed by atoms with van der Waals surface area (Å²) in [5, 5.41) is 22.8. The first-order valence-corrected chi connectivity index (χ1v) is 11.1. The Morgan fingerprint density at radius 3 is 2.19 bits per heavy atom. The van der Waals surface area contributed by atoms with Gasteiger partial charge in [0.25, 0.3) is 11.8 Å². The summed E-state index contributed by atoms with van der Waals surface area (Å²) in [6, 6.07) is 2.95. The fourth-order valence-corrected chi connectivity index (χ4v) is 3.11. The maximum atomic E-state index is 12.3. The molecule has 0 radical (unpaired) electrons. The molecule has 12 nitrogen and oxygen atoms in total. The van der Waals surface area contributed by atoms with Crippen LogP contribution in [0.15, 0.2) is 36.4 Å². The molecule has 36 heavy (non-hydrogen) atoms. The largest absolute Gasteiger partial charge is 0.478 e. The molecule has 0 saturated carbocycles. The van der Waals surface area contributed by atoms with Crippen LogP contribution in [0.3, 0.4) is 0 Å². The molecule has 4 amide bonds. The lowest BCUT2D eigenvalue weighted by atomic mass is 10.2. The first-order valence-electron chi connectivity index (χ1n) is 11.1. The number of carboxylic acid groups (broad SMARTS) is 2. The SMILES string of the molecule is O=C(O)C=Cc1ccc(C=CC(=O)O)c(NC(=O)CCNC(=O)CCCCCN2C(=O)C=CC2=O)n1. The van der Waals surface area contributed by atoms with Crippen LogP contribution in [0.1, 0.15) is 43.4 Å². The number of nitrogens with zero attached hydrogens (tertiary/aromatic N) is 2. The number of hydrogen-bond acceptors (Lipinski definition) is 7. The number of anilines is 1. The van der Waals surface area contributed by atoms with E-state index in [1.807, 2.05) is 0 Å². The van der Waals surface area contributed by atoms with Gasteiger partial charge in [-0.15, -0.1) is 0 Å². The lowest BCUT2D eigenvalue weighted by Gasteiger charge is -2.13. The molecule has 1 aliphatic rings. The van der Waals surface area contributed by atoms with Crippen molar-refractivity contribution in [3.63, 3.8) is 0 Å². The summed E-state index contributed by atoms with van der Waals surface area (Å²) in [5.74, 6) is -3.73. The molecule has 0 saturated heterocycles. The summed E-state index contributed by atoms with van der Waals surface area (Å²) in [5.41, 5.74) is 0.540. The van der Waals surface area contributed by atoms with Gasteiger partial charge in [-0.3, -0.25) is 24.1 Å². The van der Waals surface area contributed by atoms with E-state index in [9.17, 15) is 28.8 Å². The zero-order valence-corrected chi connectivity index (χ0v) is 19.3. The second kappa shape index (κ2) is 13.9. The Morgan fingerprint density at radius 1 is 0.861 bits per heavy atom. The highest BCUT2D eigenvalue weighted by atomic mass is 16.4. The van der Waals surface area contributed by atoms with E-state index in [4.69, 9.17) is 10.2 Å². The van der Waals surface area contributed by atoms with E-state index in [1.165, 1.54) is 36.4 Å². The Labute approximate surface area is 206 Å². The third-order valence-corrected chi connectivity index (χ3v) is 4.87. The molecule has 190 valence electrons. The first kappa shape index (κ1) is 27.6. The second-order valence-corrected chi connectivity index (χ2v) is 7.64. The fourth-order valence-electron chi connectivity index (χ4n) is 3.11. The number of pyridine rings is 1. The van der Waals surface area contributed by atoms with Gasteiger partial charge in [-0.1, -0.05) is 6.42 Å². The molecular weight excluding hydrogens is 472 g/mol. The molecule has 0 atom stereocenters. The van der Waals surface area contributed by atoms with Crippen molar-refractivity contribution < 1.29 is 39.0 Å². The average molecular weight is 498 g/mol. The number of carboxylic acids is 2. The van der Waals surface area contributed by atoms with Crippen LogP contribution in [0.2, 0.25) is 0 Å². The minimum absolute atomic E-state index is 0.0431. The van der Waals surface area contributed by atoms with Gasteiger partial charge in [-0.2, -0.15) is 0 Å². The quantitative estimate of drug-likeness (QED) is 0.166. The van der Waals surface area contributed by atoms with Gasteiger partial charge in [0, 0.05) is 55.8 Å². The van der Waals surface area contributed by atoms with Crippen LogP contribution < -0.4 is 10.6 Å². The predicted molar refractivity (Wildman–Crippen MR) is 128 cm³/mol. The number of unbranched alkanes of at least 4 members (excludes halogenated alkanes) is 2. The van der Waals surface area contributed by atoms with Crippen LogP contribution in [-0.2, 0) is 28.8 Å². The molecular formula is C24H26N4O8. The Balaban J connectivity index is 1.77. The van der Waals surface area contributed by atoms with E-state index in [1.54, 1.807) is 0 Å². The Bertz CT molecular complexity index is 1110. The van der Waals surface area contributed by atoms with E-state index in [-0.39, 0.29) is 48.6 Å². The predicted octanol–water partition coefficient (Wildman–Crippen LogP) is 1.21. The number of hydrogen-bond donors (Lipinski definition) is 4. The van der Waals surface area contributed by atoms with E-state index in [0.29, 0.717) is 31.4 Å². The zero-order chi connectivity index (χ0) is 26.5. The van der Waals surface area contributed by atoms with Gasteiger partial charge >= 0.3 is 11.9 Å². The summed E-state index contributed by atoms with van der Waals surface area (Å²) < 4.78 is 0. The number of nitrogens with one attached hydrogen (secondary N) is 2. The topological polar surface area (TPSA) is 183 Å². The number of aliphatic carboxylic acids is 2. The van der Waals surface area contributed by atoms with Crippen LogP contribution in [0.4, 0.5) is 5.82 Å². The van der Waals surface area contributed by atoms with E-state index < -0.39 is 17.8 Å². The van der Waals surface area contributed by atoms with Gasteiger partial charge in [0.2, 0.25) is 11.8 Å². The highest BCUT2D eigenvalue weighted by molar-refractivity contribution is 6.12. The summed E-state index contributed by atoms with van der Waals surface area (Å²) >= 11 is 0. The molecule has 1 aliphatic heterocycles. The van der Waals surface area contributed by atoms with Gasteiger partial charge in [-0.05, 0) is 37.1 Å². The normalized spacial score (nSPS) is 13.1. The number of rotatable bonds is 14. The molecule has 0 unspecified atom stereocenters. The molecule has 12 heteroatoms. The minimum Gasteiger partial charge on any atom is -0.478 e. The van der Waals surface area contributed by atoms with Crippen molar-refractivity contribution in [1.29, 1.82) is 0 Å². The van der Waals surface area contributed by atoms with Crippen LogP contribution >= 0.6 is 0 Å². The summed E-state index contributed by atoms with van der Waals surface area (Å²) in [6.45, 7) is 0.365. The fraction of sp³-hybridized carbons (Fsp3) is 0.292. The molecule has 0 aliphatic carbocycles. The minimum atomic E-state index is -1.19. The molecule has 1 aromatic heterocycles. The van der Waals surface area contributed by atoms with E-state index in [0.717, 1.165) is 17.1 Å². The van der Waals surface area contributed by atoms with Gasteiger partial charge < -0.3 is 20.8 Å². The van der Waals surface area contributed by atoms with Crippen molar-refractivity contribution in [2.24, 2.45) is 0 Å². The summed E-state index contributed by atoms with van der Waals surface area (Å²) in [6.07, 6.45) is 8.60. The summed E-state index contributed by atoms with van der Waals surface area (Å²) in [7, 11) is 0. The van der Waals surface area contributed by atoms with Crippen LogP contribution in [0.5, 0.6) is 0 Å². The second-order valence-electron chi connectivity index (χ2n) is 7.64. The number of imide groups is 1. The van der Waals surface area contributed by atoms with Crippen molar-refractivity contribution in [2.75, 3.05) is 18.4 Å². The summed E-state index contributed by atoms with van der Waals surface area (Å²) in [4.78, 5) is 74.0. The molecule has 2 heterocycles. The van der Waals surface area contributed by atoms with Crippen molar-refractivity contribution in [3.8, 4) is 0 Å². The highest BCUT2D eigenvalue weighted by Crippen LogP contribution is 2.17. The Hall–Kier alpha value is -4.61. The van der Waals surface area contributed by atoms with Crippen molar-refractivity contribution in [3.05, 3.63) is 47.7 Å². The lowest BCUT2D eigenvalue weighted by Crippen LogP contribution is -2.31. The average Bonchev–Trinajstić information content (AvgIpc) is 3.13. The molecule has 0 fully saturated rings. The number of carbonyl (C=O) groups is 6. The first-order chi connectivity index (χ1) is 17.2. The maximum absolute atomic E-state index is 12.3. The van der Waals surface area contributed by atoms with E-state index >= 15 is 0 Å². The third kappa shape index (κ3) is 9.71. The van der Waals surface area contributed by atoms with Gasteiger partial charge in [-0.25, -0.2) is 14.6 Å². The molecule has 0 spiro atoms. The zero-order valence-electron chi connectivity index (χ0n) is 19.3. The number of carbonyl (C=O) groups excluding carboxylic acids is 4. The smallest absolute Gasteiger partial charge is 0.328 e. The number of amides is 4. The van der Waals surface area contributed by atoms with Crippen LogP contribution in [-0.4, -0.2) is 68.8 Å². The van der Waals surface area contributed by atoms with Crippen molar-refractivity contribution in [2.45, 2.75) is 32.1 Å².